The van der Waals surface area contributed by atoms with Crippen molar-refractivity contribution in [3.8, 4) is 0 Å². The topological polar surface area (TPSA) is 74.3 Å². The highest BCUT2D eigenvalue weighted by molar-refractivity contribution is 7.93. The normalized spacial score (nSPS) is 18.4. The van der Waals surface area contributed by atoms with Crippen molar-refractivity contribution >= 4 is 20.9 Å². The Labute approximate surface area is 94.7 Å². The molecule has 0 aliphatic heterocycles. The van der Waals surface area contributed by atoms with E-state index in [4.69, 9.17) is 0 Å². The molecule has 0 bridgehead atoms. The summed E-state index contributed by atoms with van der Waals surface area (Å²) in [6.07, 6.45) is 1.14. The Morgan fingerprint density at radius 1 is 1.27 bits per heavy atom. The van der Waals surface area contributed by atoms with E-state index in [-0.39, 0.29) is 17.4 Å². The first-order valence-electron chi connectivity index (χ1n) is 5.10. The van der Waals surface area contributed by atoms with Crippen LogP contribution in [0.2, 0.25) is 0 Å². The highest BCUT2D eigenvalue weighted by Crippen LogP contribution is 2.14. The van der Waals surface area contributed by atoms with Crippen molar-refractivity contribution in [2.75, 3.05) is 11.5 Å². The summed E-state index contributed by atoms with van der Waals surface area (Å²) in [5, 5.41) is -0.746. The van der Waals surface area contributed by atoms with E-state index in [9.17, 15) is 17.2 Å². The van der Waals surface area contributed by atoms with Crippen LogP contribution in [0.3, 0.4) is 0 Å². The number of hydrogen-bond donors (Lipinski definition) is 0. The molecule has 0 amide bonds. The molecule has 0 aromatic rings. The third kappa shape index (κ3) is 5.63. The van der Waals surface area contributed by atoms with Crippen LogP contribution < -0.4 is 0 Å². The molecule has 4 nitrogen and oxygen atoms in total. The largest absolute Gasteiger partial charge is 0.772 e. The minimum atomic E-state index is -3.27. The molecule has 0 fully saturated rings. The second-order valence-corrected chi connectivity index (χ2v) is 7.11. The molecule has 0 aromatic heterocycles. The first-order valence-corrected chi connectivity index (χ1v) is 8.06. The van der Waals surface area contributed by atoms with E-state index in [0.717, 1.165) is 6.42 Å². The quantitative estimate of drug-likeness (QED) is 0.639. The monoisotopic (exact) mass is 255 g/mol. The molecule has 92 valence electrons. The Balaban J connectivity index is 4.59. The Bertz CT molecular complexity index is 297. The average Bonchev–Trinajstić information content (AvgIpc) is 2.12. The molecule has 0 aliphatic carbocycles. The van der Waals surface area contributed by atoms with E-state index in [1.54, 1.807) is 6.92 Å². The standard InChI is InChI=1S/C9H20O4S2/c1-4-8(3)7-15(12,13)9(5-2)6-14(10)11/h8-9H,4-7H2,1-3H3,(H,10,11)/p-1. The molecule has 0 aliphatic rings. The third-order valence-corrected chi connectivity index (χ3v) is 5.93. The van der Waals surface area contributed by atoms with Crippen LogP contribution >= 0.6 is 0 Å². The van der Waals surface area contributed by atoms with Gasteiger partial charge in [-0.3, -0.25) is 4.21 Å². The number of sulfone groups is 1. The van der Waals surface area contributed by atoms with Crippen molar-refractivity contribution in [2.45, 2.75) is 38.9 Å². The zero-order chi connectivity index (χ0) is 12.1. The molecule has 3 unspecified atom stereocenters. The molecule has 6 heteroatoms. The summed E-state index contributed by atoms with van der Waals surface area (Å²) in [5.74, 6) is -0.113. The fourth-order valence-electron chi connectivity index (χ4n) is 1.28. The van der Waals surface area contributed by atoms with E-state index in [0.29, 0.717) is 6.42 Å². The summed E-state index contributed by atoms with van der Waals surface area (Å²) in [6, 6.07) is 0. The van der Waals surface area contributed by atoms with Gasteiger partial charge >= 0.3 is 0 Å². The summed E-state index contributed by atoms with van der Waals surface area (Å²) in [4.78, 5) is 0. The zero-order valence-corrected chi connectivity index (χ0v) is 11.1. The Morgan fingerprint density at radius 2 is 1.80 bits per heavy atom. The van der Waals surface area contributed by atoms with Crippen molar-refractivity contribution in [3.05, 3.63) is 0 Å². The fraction of sp³-hybridized carbons (Fsp3) is 1.00. The van der Waals surface area contributed by atoms with Gasteiger partial charge in [0.05, 0.1) is 11.0 Å². The van der Waals surface area contributed by atoms with Gasteiger partial charge in [-0.25, -0.2) is 8.42 Å². The van der Waals surface area contributed by atoms with Crippen molar-refractivity contribution in [1.29, 1.82) is 0 Å². The van der Waals surface area contributed by atoms with Gasteiger partial charge < -0.3 is 4.55 Å². The van der Waals surface area contributed by atoms with Crippen LogP contribution in [0, 0.1) is 5.92 Å². The van der Waals surface area contributed by atoms with Crippen molar-refractivity contribution in [2.24, 2.45) is 5.92 Å². The maximum Gasteiger partial charge on any atom is 0.154 e. The number of rotatable bonds is 7. The average molecular weight is 255 g/mol. The van der Waals surface area contributed by atoms with E-state index in [1.807, 2.05) is 13.8 Å². The molecule has 3 atom stereocenters. The minimum absolute atomic E-state index is 0.0825. The predicted molar refractivity (Wildman–Crippen MR) is 61.1 cm³/mol. The predicted octanol–water partition coefficient (Wildman–Crippen LogP) is 1.11. The van der Waals surface area contributed by atoms with Crippen LogP contribution in [0.5, 0.6) is 0 Å². The second kappa shape index (κ2) is 6.60. The summed E-state index contributed by atoms with van der Waals surface area (Å²) >= 11 is -2.29. The van der Waals surface area contributed by atoms with Crippen LogP contribution in [-0.4, -0.2) is 33.9 Å². The lowest BCUT2D eigenvalue weighted by Crippen LogP contribution is -2.31. The third-order valence-electron chi connectivity index (χ3n) is 2.50. The molecule has 0 radical (unpaired) electrons. The lowest BCUT2D eigenvalue weighted by molar-refractivity contribution is 0.526. The van der Waals surface area contributed by atoms with Gasteiger partial charge in [0, 0.05) is 5.75 Å². The summed E-state index contributed by atoms with van der Waals surface area (Å²) in [6.45, 7) is 5.48. The summed E-state index contributed by atoms with van der Waals surface area (Å²) in [5.41, 5.74) is 0. The van der Waals surface area contributed by atoms with Crippen molar-refractivity contribution in [3.63, 3.8) is 0 Å². The molecule has 0 saturated carbocycles. The van der Waals surface area contributed by atoms with Gasteiger partial charge in [-0.1, -0.05) is 38.3 Å². The second-order valence-electron chi connectivity index (χ2n) is 3.84. The van der Waals surface area contributed by atoms with Gasteiger partial charge in [-0.2, -0.15) is 0 Å². The Kier molecular flexibility index (Phi) is 6.63. The van der Waals surface area contributed by atoms with Crippen LogP contribution in [0.1, 0.15) is 33.6 Å². The van der Waals surface area contributed by atoms with Gasteiger partial charge in [-0.05, 0) is 12.3 Å². The first kappa shape index (κ1) is 15.1. The highest BCUT2D eigenvalue weighted by atomic mass is 32.2. The van der Waals surface area contributed by atoms with Crippen LogP contribution in [0.15, 0.2) is 0 Å². The van der Waals surface area contributed by atoms with E-state index in [2.05, 4.69) is 0 Å². The Hall–Kier alpha value is 0.0600. The van der Waals surface area contributed by atoms with Crippen molar-refractivity contribution < 1.29 is 17.2 Å². The van der Waals surface area contributed by atoms with Gasteiger partial charge in [-0.15, -0.1) is 0 Å². The molecular formula is C9H19O4S2-. The maximum absolute atomic E-state index is 11.8. The first-order chi connectivity index (χ1) is 6.83. The van der Waals surface area contributed by atoms with Gasteiger partial charge in [0.15, 0.2) is 9.84 Å². The molecule has 0 saturated heterocycles. The van der Waals surface area contributed by atoms with Gasteiger partial charge in [0.1, 0.15) is 0 Å². The van der Waals surface area contributed by atoms with E-state index in [1.165, 1.54) is 0 Å². The lowest BCUT2D eigenvalue weighted by Gasteiger charge is -2.19. The molecule has 0 heterocycles. The maximum atomic E-state index is 11.8. The van der Waals surface area contributed by atoms with Crippen molar-refractivity contribution in [1.82, 2.24) is 0 Å². The zero-order valence-electron chi connectivity index (χ0n) is 9.43. The smallest absolute Gasteiger partial charge is 0.154 e. The summed E-state index contributed by atoms with van der Waals surface area (Å²) < 4.78 is 44.6. The molecule has 0 aromatic carbocycles. The molecule has 0 N–H and O–H groups in total. The fourth-order valence-corrected chi connectivity index (χ4v) is 4.79. The molecule has 0 rings (SSSR count). The van der Waals surface area contributed by atoms with E-state index >= 15 is 0 Å². The molecule has 0 spiro atoms. The summed E-state index contributed by atoms with van der Waals surface area (Å²) in [7, 11) is -3.27. The SMILES string of the molecule is CCC(C)CS(=O)(=O)C(CC)CS(=O)[O-]. The highest BCUT2D eigenvalue weighted by Gasteiger charge is 2.25. The van der Waals surface area contributed by atoms with E-state index < -0.39 is 26.2 Å². The van der Waals surface area contributed by atoms with Crippen LogP contribution in [0.25, 0.3) is 0 Å². The minimum Gasteiger partial charge on any atom is -0.772 e. The van der Waals surface area contributed by atoms with Gasteiger partial charge in [0.2, 0.25) is 0 Å². The molecular weight excluding hydrogens is 236 g/mol. The lowest BCUT2D eigenvalue weighted by atomic mass is 10.2. The molecule has 15 heavy (non-hydrogen) atoms. The van der Waals surface area contributed by atoms with Crippen LogP contribution in [-0.2, 0) is 20.9 Å². The number of hydrogen-bond acceptors (Lipinski definition) is 4. The Morgan fingerprint density at radius 3 is 2.13 bits per heavy atom. The van der Waals surface area contributed by atoms with Crippen LogP contribution in [0.4, 0.5) is 0 Å². The van der Waals surface area contributed by atoms with Gasteiger partial charge in [0.25, 0.3) is 0 Å².